The van der Waals surface area contributed by atoms with E-state index in [4.69, 9.17) is 4.74 Å². The minimum atomic E-state index is -1.33. The van der Waals surface area contributed by atoms with Gasteiger partial charge >= 0.3 is 0 Å². The second-order valence-electron chi connectivity index (χ2n) is 10.5. The highest BCUT2D eigenvalue weighted by Gasteiger charge is 2.91. The molecule has 4 saturated carbocycles. The van der Waals surface area contributed by atoms with Crippen molar-refractivity contribution in [3.63, 3.8) is 0 Å². The lowest BCUT2D eigenvalue weighted by Gasteiger charge is -2.64. The van der Waals surface area contributed by atoms with Gasteiger partial charge in [-0.25, -0.2) is 0 Å². The number of aliphatic hydroxyl groups is 3. The zero-order valence-electron chi connectivity index (χ0n) is 15.5. The highest BCUT2D eigenvalue weighted by Crippen LogP contribution is 2.83. The number of ether oxygens (including phenoxy) is 1. The van der Waals surface area contributed by atoms with E-state index < -0.39 is 33.9 Å². The van der Waals surface area contributed by atoms with Gasteiger partial charge in [0.05, 0.1) is 17.1 Å². The normalized spacial score (nSPS) is 69.6. The molecule has 24 heavy (non-hydrogen) atoms. The lowest BCUT2D eigenvalue weighted by Crippen LogP contribution is -2.75. The standard InChI is InChI=1S/C20H32O4/c1-10(2)12-8-13-16(4)9-19(22)17(12,5)20(13,23)15(24-19)14-11(3)6-7-18(14,16)21/h10-15,21-23H,6-9H2,1-5H3/t11-,12-,13-,14+,15+,16-,17-,18-,19-,20+/m0/s1. The van der Waals surface area contributed by atoms with Gasteiger partial charge in [0.2, 0.25) is 0 Å². The van der Waals surface area contributed by atoms with E-state index in [0.717, 1.165) is 19.3 Å². The lowest BCUT2D eigenvalue weighted by molar-refractivity contribution is -0.301. The Morgan fingerprint density at radius 1 is 1.12 bits per heavy atom. The van der Waals surface area contributed by atoms with Crippen molar-refractivity contribution < 1.29 is 20.1 Å². The third-order valence-electron chi connectivity index (χ3n) is 9.80. The van der Waals surface area contributed by atoms with E-state index in [-0.39, 0.29) is 17.8 Å². The Bertz CT molecular complexity index is 621. The van der Waals surface area contributed by atoms with Gasteiger partial charge in [-0.05, 0) is 42.9 Å². The smallest absolute Gasteiger partial charge is 0.175 e. The molecule has 1 aliphatic heterocycles. The maximum absolute atomic E-state index is 12.1. The number of rotatable bonds is 1. The first kappa shape index (κ1) is 16.0. The van der Waals surface area contributed by atoms with Crippen molar-refractivity contribution in [2.24, 2.45) is 40.4 Å². The average Bonchev–Trinajstić information content (AvgIpc) is 2.90. The largest absolute Gasteiger partial charge is 0.389 e. The van der Waals surface area contributed by atoms with Gasteiger partial charge in [-0.3, -0.25) is 0 Å². The highest BCUT2D eigenvalue weighted by atomic mass is 16.7. The molecule has 136 valence electrons. The van der Waals surface area contributed by atoms with E-state index >= 15 is 0 Å². The van der Waals surface area contributed by atoms with Gasteiger partial charge in [-0.15, -0.1) is 0 Å². The van der Waals surface area contributed by atoms with Crippen LogP contribution in [-0.4, -0.2) is 38.4 Å². The second kappa shape index (κ2) is 3.90. The molecule has 5 aliphatic rings. The van der Waals surface area contributed by atoms with Gasteiger partial charge in [-0.2, -0.15) is 0 Å². The zero-order valence-corrected chi connectivity index (χ0v) is 15.5. The van der Waals surface area contributed by atoms with Gasteiger partial charge in [0.25, 0.3) is 0 Å². The van der Waals surface area contributed by atoms with Crippen molar-refractivity contribution in [1.29, 1.82) is 0 Å². The molecule has 0 radical (unpaired) electrons. The molecular weight excluding hydrogens is 304 g/mol. The molecule has 1 saturated heterocycles. The predicted molar refractivity (Wildman–Crippen MR) is 88.9 cm³/mol. The molecule has 4 nitrogen and oxygen atoms in total. The first-order valence-electron chi connectivity index (χ1n) is 9.82. The van der Waals surface area contributed by atoms with Crippen molar-refractivity contribution >= 4 is 0 Å². The van der Waals surface area contributed by atoms with Crippen LogP contribution in [0.1, 0.15) is 60.3 Å². The lowest BCUT2D eigenvalue weighted by atomic mass is 9.41. The summed E-state index contributed by atoms with van der Waals surface area (Å²) in [5.41, 5.74) is -2.99. The van der Waals surface area contributed by atoms with Gasteiger partial charge in [0.15, 0.2) is 5.79 Å². The summed E-state index contributed by atoms with van der Waals surface area (Å²) < 4.78 is 6.34. The minimum absolute atomic E-state index is 0.00160. The molecule has 4 heteroatoms. The van der Waals surface area contributed by atoms with Crippen LogP contribution in [0.25, 0.3) is 0 Å². The molecule has 5 fully saturated rings. The number of hydrogen-bond donors (Lipinski definition) is 3. The molecule has 0 spiro atoms. The highest BCUT2D eigenvalue weighted by molar-refractivity contribution is 5.37. The Balaban J connectivity index is 1.80. The van der Waals surface area contributed by atoms with Gasteiger partial charge in [0, 0.05) is 17.8 Å². The summed E-state index contributed by atoms with van der Waals surface area (Å²) in [5.74, 6) is -0.516. The summed E-state index contributed by atoms with van der Waals surface area (Å²) in [5, 5.41) is 35.6. The van der Waals surface area contributed by atoms with Crippen molar-refractivity contribution in [2.75, 3.05) is 0 Å². The van der Waals surface area contributed by atoms with Crippen molar-refractivity contribution in [3.8, 4) is 0 Å². The van der Waals surface area contributed by atoms with Gasteiger partial charge in [-0.1, -0.05) is 34.6 Å². The SMILES string of the molecule is CC(C)[C@@H]1C[C@@H]2[C@@]3(O)[C@@H]4O[C@@](O)(C[C@]2(C)[C@]2(O)CC[C@H](C)[C@H]42)[C@]13C. The maximum Gasteiger partial charge on any atom is 0.175 e. The second-order valence-corrected chi connectivity index (χ2v) is 10.5. The molecule has 10 atom stereocenters. The third kappa shape index (κ3) is 1.18. The fraction of sp³-hybridized carbons (Fsp3) is 1.00. The molecule has 0 aromatic heterocycles. The molecule has 5 bridgehead atoms. The zero-order chi connectivity index (χ0) is 17.5. The van der Waals surface area contributed by atoms with E-state index in [1.165, 1.54) is 0 Å². The van der Waals surface area contributed by atoms with Crippen LogP contribution in [0.15, 0.2) is 0 Å². The Morgan fingerprint density at radius 3 is 2.42 bits per heavy atom. The van der Waals surface area contributed by atoms with Crippen molar-refractivity contribution in [2.45, 2.75) is 83.4 Å². The third-order valence-corrected chi connectivity index (χ3v) is 9.80. The van der Waals surface area contributed by atoms with Crippen LogP contribution >= 0.6 is 0 Å². The van der Waals surface area contributed by atoms with E-state index in [2.05, 4.69) is 34.6 Å². The van der Waals surface area contributed by atoms with Crippen LogP contribution in [0, 0.1) is 40.4 Å². The Hall–Kier alpha value is -0.160. The molecule has 0 aromatic rings. The van der Waals surface area contributed by atoms with E-state index in [1.807, 2.05) is 0 Å². The monoisotopic (exact) mass is 336 g/mol. The fourth-order valence-electron chi connectivity index (χ4n) is 8.66. The van der Waals surface area contributed by atoms with Crippen molar-refractivity contribution in [3.05, 3.63) is 0 Å². The summed E-state index contributed by atoms with van der Waals surface area (Å²) in [6.07, 6.45) is 2.62. The number of hydrogen-bond acceptors (Lipinski definition) is 4. The average molecular weight is 336 g/mol. The summed E-state index contributed by atoms with van der Waals surface area (Å²) in [7, 11) is 0. The Kier molecular flexibility index (Phi) is 2.61. The summed E-state index contributed by atoms with van der Waals surface area (Å²) in [6.45, 7) is 10.7. The molecule has 0 amide bonds. The molecule has 3 N–H and O–H groups in total. The Labute approximate surface area is 144 Å². The van der Waals surface area contributed by atoms with Crippen LogP contribution < -0.4 is 0 Å². The molecule has 0 unspecified atom stereocenters. The van der Waals surface area contributed by atoms with Crippen LogP contribution in [0.3, 0.4) is 0 Å². The summed E-state index contributed by atoms with van der Waals surface area (Å²) >= 11 is 0. The van der Waals surface area contributed by atoms with Crippen molar-refractivity contribution in [1.82, 2.24) is 0 Å². The van der Waals surface area contributed by atoms with Crippen LogP contribution in [0.4, 0.5) is 0 Å². The van der Waals surface area contributed by atoms with Crippen LogP contribution in [0.2, 0.25) is 0 Å². The predicted octanol–water partition coefficient (Wildman–Crippen LogP) is 2.30. The van der Waals surface area contributed by atoms with Crippen LogP contribution in [0.5, 0.6) is 0 Å². The summed E-state index contributed by atoms with van der Waals surface area (Å²) in [4.78, 5) is 0. The number of fused-ring (bicyclic) bond motifs is 3. The molecule has 4 aliphatic carbocycles. The fourth-order valence-corrected chi connectivity index (χ4v) is 8.66. The van der Waals surface area contributed by atoms with E-state index in [0.29, 0.717) is 18.3 Å². The Morgan fingerprint density at radius 2 is 1.79 bits per heavy atom. The maximum atomic E-state index is 12.1. The van der Waals surface area contributed by atoms with Gasteiger partial charge in [0.1, 0.15) is 5.60 Å². The molecule has 5 rings (SSSR count). The first-order chi connectivity index (χ1) is 11.0. The molecule has 1 heterocycles. The topological polar surface area (TPSA) is 69.9 Å². The van der Waals surface area contributed by atoms with E-state index in [9.17, 15) is 15.3 Å². The first-order valence-corrected chi connectivity index (χ1v) is 9.82. The summed E-state index contributed by atoms with van der Waals surface area (Å²) in [6, 6.07) is 0. The van der Waals surface area contributed by atoms with Gasteiger partial charge < -0.3 is 20.1 Å². The molecular formula is C20H32O4. The minimum Gasteiger partial charge on any atom is -0.389 e. The molecule has 0 aromatic carbocycles. The van der Waals surface area contributed by atoms with E-state index in [1.54, 1.807) is 0 Å². The quantitative estimate of drug-likeness (QED) is 0.687. The van der Waals surface area contributed by atoms with Crippen LogP contribution in [-0.2, 0) is 4.74 Å².